The van der Waals surface area contributed by atoms with E-state index in [2.05, 4.69) is 59.1 Å². The van der Waals surface area contributed by atoms with Crippen LogP contribution in [-0.2, 0) is 4.79 Å². The van der Waals surface area contributed by atoms with E-state index in [4.69, 9.17) is 15.7 Å². The summed E-state index contributed by atoms with van der Waals surface area (Å²) in [5.74, 6) is 0.116. The van der Waals surface area contributed by atoms with Gasteiger partial charge in [0.05, 0.1) is 28.0 Å². The van der Waals surface area contributed by atoms with E-state index in [1.807, 2.05) is 18.3 Å². The van der Waals surface area contributed by atoms with Gasteiger partial charge in [-0.3, -0.25) is 9.78 Å². The Morgan fingerprint density at radius 1 is 1.11 bits per heavy atom. The summed E-state index contributed by atoms with van der Waals surface area (Å²) in [5.41, 5.74) is 13.1. The number of anilines is 1. The van der Waals surface area contributed by atoms with Crippen LogP contribution in [0.3, 0.4) is 0 Å². The predicted molar refractivity (Wildman–Crippen MR) is 140 cm³/mol. The normalized spacial score (nSPS) is 18.3. The standard InChI is InChI=1S/C27H28BrN5O2/c1-15(2)18-4-3-5-19(12-18)22-11-10-20(13-30-22)21-14-31-33-25(29)23(28)24(32-26(21)33)16-6-8-17(9-7-16)27(34)35/h3-5,10-17H,6-9,29H2,1-2H3,(H,34,35). The van der Waals surface area contributed by atoms with Crippen LogP contribution in [0.4, 0.5) is 5.82 Å². The van der Waals surface area contributed by atoms with Gasteiger partial charge in [-0.05, 0) is 65.2 Å². The van der Waals surface area contributed by atoms with Crippen LogP contribution >= 0.6 is 15.9 Å². The number of aliphatic carboxylic acids is 1. The van der Waals surface area contributed by atoms with Crippen LogP contribution in [0.2, 0.25) is 0 Å². The molecule has 180 valence electrons. The maximum absolute atomic E-state index is 11.4. The van der Waals surface area contributed by atoms with Crippen LogP contribution < -0.4 is 5.73 Å². The van der Waals surface area contributed by atoms with Crippen LogP contribution in [0.15, 0.2) is 53.3 Å². The molecule has 1 aromatic carbocycles. The molecule has 0 amide bonds. The maximum atomic E-state index is 11.4. The van der Waals surface area contributed by atoms with Gasteiger partial charge in [-0.15, -0.1) is 0 Å². The minimum Gasteiger partial charge on any atom is -0.481 e. The number of nitrogens with two attached hydrogens (primary N) is 1. The van der Waals surface area contributed by atoms with Crippen LogP contribution in [0, 0.1) is 5.92 Å². The summed E-state index contributed by atoms with van der Waals surface area (Å²) < 4.78 is 2.38. The second kappa shape index (κ2) is 9.41. The third-order valence-electron chi connectivity index (χ3n) is 7.03. The summed E-state index contributed by atoms with van der Waals surface area (Å²) >= 11 is 3.62. The number of nitrogens with zero attached hydrogens (tertiary/aromatic N) is 4. The van der Waals surface area contributed by atoms with Gasteiger partial charge in [0.2, 0.25) is 0 Å². The molecular formula is C27H28BrN5O2. The van der Waals surface area contributed by atoms with E-state index in [0.29, 0.717) is 30.2 Å². The van der Waals surface area contributed by atoms with E-state index in [1.54, 1.807) is 10.7 Å². The van der Waals surface area contributed by atoms with Gasteiger partial charge >= 0.3 is 5.97 Å². The summed E-state index contributed by atoms with van der Waals surface area (Å²) in [6, 6.07) is 12.5. The van der Waals surface area contributed by atoms with Crippen molar-refractivity contribution in [1.29, 1.82) is 0 Å². The Labute approximate surface area is 212 Å². The van der Waals surface area contributed by atoms with Crippen LogP contribution in [0.25, 0.3) is 28.0 Å². The Hall–Kier alpha value is -3.26. The Balaban J connectivity index is 1.48. The molecular weight excluding hydrogens is 506 g/mol. The molecule has 35 heavy (non-hydrogen) atoms. The first-order valence-corrected chi connectivity index (χ1v) is 12.7. The molecule has 3 heterocycles. The molecule has 0 aliphatic heterocycles. The van der Waals surface area contributed by atoms with Crippen molar-refractivity contribution in [2.24, 2.45) is 5.92 Å². The molecule has 3 N–H and O–H groups in total. The summed E-state index contributed by atoms with van der Waals surface area (Å²) in [5, 5.41) is 13.8. The molecule has 0 radical (unpaired) electrons. The number of carbonyl (C=O) groups is 1. The van der Waals surface area contributed by atoms with Gasteiger partial charge in [-0.25, -0.2) is 4.98 Å². The quantitative estimate of drug-likeness (QED) is 0.312. The lowest BCUT2D eigenvalue weighted by molar-refractivity contribution is -0.142. The third-order valence-corrected chi connectivity index (χ3v) is 7.85. The van der Waals surface area contributed by atoms with E-state index >= 15 is 0 Å². The first-order valence-electron chi connectivity index (χ1n) is 12.0. The molecule has 7 nitrogen and oxygen atoms in total. The highest BCUT2D eigenvalue weighted by Gasteiger charge is 2.30. The minimum atomic E-state index is -0.713. The Morgan fingerprint density at radius 3 is 2.54 bits per heavy atom. The number of nitrogen functional groups attached to an aromatic ring is 1. The smallest absolute Gasteiger partial charge is 0.306 e. The number of rotatable bonds is 5. The van der Waals surface area contributed by atoms with Gasteiger partial charge in [0.25, 0.3) is 0 Å². The van der Waals surface area contributed by atoms with Crippen molar-refractivity contribution in [3.63, 3.8) is 0 Å². The molecule has 0 bridgehead atoms. The van der Waals surface area contributed by atoms with E-state index in [1.165, 1.54) is 5.56 Å². The van der Waals surface area contributed by atoms with Gasteiger partial charge in [0.15, 0.2) is 5.65 Å². The highest BCUT2D eigenvalue weighted by Crippen LogP contribution is 2.40. The fraction of sp³-hybridized carbons (Fsp3) is 0.333. The highest BCUT2D eigenvalue weighted by molar-refractivity contribution is 9.10. The highest BCUT2D eigenvalue weighted by atomic mass is 79.9. The van der Waals surface area contributed by atoms with Gasteiger partial charge in [-0.2, -0.15) is 9.61 Å². The maximum Gasteiger partial charge on any atom is 0.306 e. The molecule has 5 rings (SSSR count). The topological polar surface area (TPSA) is 106 Å². The number of hydrogen-bond donors (Lipinski definition) is 2. The first kappa shape index (κ1) is 23.5. The van der Waals surface area contributed by atoms with Gasteiger partial charge < -0.3 is 10.8 Å². The lowest BCUT2D eigenvalue weighted by atomic mass is 9.80. The second-order valence-corrected chi connectivity index (χ2v) is 10.4. The Morgan fingerprint density at radius 2 is 1.89 bits per heavy atom. The van der Waals surface area contributed by atoms with Gasteiger partial charge in [0.1, 0.15) is 5.82 Å². The van der Waals surface area contributed by atoms with Crippen molar-refractivity contribution >= 4 is 33.4 Å². The molecule has 1 saturated carbocycles. The van der Waals surface area contributed by atoms with Crippen LogP contribution in [0.5, 0.6) is 0 Å². The van der Waals surface area contributed by atoms with E-state index in [0.717, 1.165) is 45.4 Å². The molecule has 4 aromatic rings. The predicted octanol–water partition coefficient (Wildman–Crippen LogP) is 6.28. The molecule has 0 saturated heterocycles. The zero-order valence-electron chi connectivity index (χ0n) is 19.8. The fourth-order valence-electron chi connectivity index (χ4n) is 4.88. The molecule has 1 aliphatic rings. The number of halogens is 1. The van der Waals surface area contributed by atoms with Gasteiger partial charge in [-0.1, -0.05) is 38.1 Å². The zero-order valence-corrected chi connectivity index (χ0v) is 21.4. The molecule has 0 spiro atoms. The lowest BCUT2D eigenvalue weighted by Crippen LogP contribution is -2.21. The first-order chi connectivity index (χ1) is 16.8. The zero-order chi connectivity index (χ0) is 24.7. The van der Waals surface area contributed by atoms with E-state index in [9.17, 15) is 9.90 Å². The molecule has 0 unspecified atom stereocenters. The van der Waals surface area contributed by atoms with Crippen molar-refractivity contribution in [2.45, 2.75) is 51.4 Å². The average molecular weight is 534 g/mol. The molecule has 1 aliphatic carbocycles. The number of hydrogen-bond acceptors (Lipinski definition) is 5. The summed E-state index contributed by atoms with van der Waals surface area (Å²) in [7, 11) is 0. The Kier molecular flexibility index (Phi) is 6.32. The number of aromatic nitrogens is 4. The monoisotopic (exact) mass is 533 g/mol. The number of carboxylic acids is 1. The third kappa shape index (κ3) is 4.43. The fourth-order valence-corrected chi connectivity index (χ4v) is 5.46. The number of pyridine rings is 1. The molecule has 0 atom stereocenters. The second-order valence-electron chi connectivity index (χ2n) is 9.59. The number of carboxylic acid groups (broad SMARTS) is 1. The summed E-state index contributed by atoms with van der Waals surface area (Å²) in [4.78, 5) is 21.1. The molecule has 1 fully saturated rings. The Bertz CT molecular complexity index is 1390. The van der Waals surface area contributed by atoms with Crippen LogP contribution in [0.1, 0.15) is 62.6 Å². The minimum absolute atomic E-state index is 0.156. The number of fused-ring (bicyclic) bond motifs is 1. The average Bonchev–Trinajstić information content (AvgIpc) is 3.30. The van der Waals surface area contributed by atoms with Crippen LogP contribution in [-0.4, -0.2) is 30.7 Å². The summed E-state index contributed by atoms with van der Waals surface area (Å²) in [6.07, 6.45) is 6.46. The molecule has 8 heteroatoms. The number of benzene rings is 1. The summed E-state index contributed by atoms with van der Waals surface area (Å²) in [6.45, 7) is 4.37. The van der Waals surface area contributed by atoms with E-state index < -0.39 is 5.97 Å². The molecule has 3 aromatic heterocycles. The van der Waals surface area contributed by atoms with Crippen molar-refractivity contribution in [3.05, 3.63) is 64.5 Å². The van der Waals surface area contributed by atoms with Crippen molar-refractivity contribution < 1.29 is 9.90 Å². The largest absolute Gasteiger partial charge is 0.481 e. The lowest BCUT2D eigenvalue weighted by Gasteiger charge is -2.26. The van der Waals surface area contributed by atoms with Crippen molar-refractivity contribution in [1.82, 2.24) is 19.6 Å². The van der Waals surface area contributed by atoms with Gasteiger partial charge in [0, 0.05) is 28.8 Å². The van der Waals surface area contributed by atoms with Crippen molar-refractivity contribution in [3.8, 4) is 22.4 Å². The van der Waals surface area contributed by atoms with E-state index in [-0.39, 0.29) is 11.8 Å². The SMILES string of the molecule is CC(C)c1cccc(-c2ccc(-c3cnn4c(N)c(Br)c(C5CCC(C(=O)O)CC5)nc34)cn2)c1. The van der Waals surface area contributed by atoms with Crippen molar-refractivity contribution in [2.75, 3.05) is 5.73 Å².